The number of hydrogen-bond acceptors (Lipinski definition) is 4. The number of piperidine rings is 1. The highest BCUT2D eigenvalue weighted by molar-refractivity contribution is 5.79. The zero-order valence-electron chi connectivity index (χ0n) is 16.4. The summed E-state index contributed by atoms with van der Waals surface area (Å²) < 4.78 is 0. The molecule has 3 aliphatic rings. The molecule has 2 amide bonds. The monoisotopic (exact) mass is 379 g/mol. The maximum atomic E-state index is 12.6. The van der Waals surface area contributed by atoms with Gasteiger partial charge in [-0.15, -0.1) is 0 Å². The molecule has 7 nitrogen and oxygen atoms in total. The lowest BCUT2D eigenvalue weighted by atomic mass is 9.79. The molecular weight excluding hydrogens is 346 g/mol. The summed E-state index contributed by atoms with van der Waals surface area (Å²) >= 11 is 0. The van der Waals surface area contributed by atoms with Crippen molar-refractivity contribution in [2.24, 2.45) is 17.8 Å². The van der Waals surface area contributed by atoms with Crippen LogP contribution in [0, 0.1) is 17.8 Å². The highest BCUT2D eigenvalue weighted by Gasteiger charge is 2.36. The second-order valence-corrected chi connectivity index (χ2v) is 8.46. The molecule has 2 saturated heterocycles. The molecule has 1 saturated carbocycles. The number of hydrogen-bond donors (Lipinski definition) is 1. The zero-order valence-corrected chi connectivity index (χ0v) is 16.4. The number of carboxylic acid groups (broad SMARTS) is 1. The minimum Gasteiger partial charge on any atom is -0.481 e. The molecule has 1 aliphatic carbocycles. The Hall–Kier alpha value is -1.63. The van der Waals surface area contributed by atoms with Crippen LogP contribution in [0.3, 0.4) is 0 Å². The molecule has 0 aromatic rings. The first kappa shape index (κ1) is 20.1. The first-order valence-electron chi connectivity index (χ1n) is 10.4. The second kappa shape index (κ2) is 9.04. The van der Waals surface area contributed by atoms with Gasteiger partial charge < -0.3 is 14.9 Å². The molecule has 2 atom stereocenters. The number of carbonyl (C=O) groups is 3. The Morgan fingerprint density at radius 3 is 2.19 bits per heavy atom. The van der Waals surface area contributed by atoms with E-state index in [1.807, 2.05) is 9.80 Å². The molecule has 3 rings (SSSR count). The first-order chi connectivity index (χ1) is 12.9. The largest absolute Gasteiger partial charge is 0.481 e. The summed E-state index contributed by atoms with van der Waals surface area (Å²) in [6.07, 6.45) is 5.10. The fourth-order valence-electron chi connectivity index (χ4n) is 4.65. The topological polar surface area (TPSA) is 81.2 Å². The summed E-state index contributed by atoms with van der Waals surface area (Å²) in [6, 6.07) is 0. The van der Waals surface area contributed by atoms with Gasteiger partial charge >= 0.3 is 5.97 Å². The van der Waals surface area contributed by atoms with Crippen molar-refractivity contribution in [3.8, 4) is 0 Å². The Bertz CT molecular complexity index is 555. The van der Waals surface area contributed by atoms with Crippen molar-refractivity contribution in [2.75, 3.05) is 45.8 Å². The van der Waals surface area contributed by atoms with Crippen LogP contribution in [0.4, 0.5) is 0 Å². The molecule has 2 heterocycles. The third-order valence-electron chi connectivity index (χ3n) is 6.73. The number of aliphatic carboxylic acids is 1. The summed E-state index contributed by atoms with van der Waals surface area (Å²) in [7, 11) is 0. The highest BCUT2D eigenvalue weighted by atomic mass is 16.4. The fourth-order valence-corrected chi connectivity index (χ4v) is 4.65. The van der Waals surface area contributed by atoms with E-state index in [4.69, 9.17) is 0 Å². The van der Waals surface area contributed by atoms with E-state index < -0.39 is 5.97 Å². The third kappa shape index (κ3) is 5.21. The summed E-state index contributed by atoms with van der Waals surface area (Å²) in [6.45, 7) is 7.23. The third-order valence-corrected chi connectivity index (χ3v) is 6.73. The summed E-state index contributed by atoms with van der Waals surface area (Å²) in [5.41, 5.74) is 0. The Kier molecular flexibility index (Phi) is 6.73. The molecule has 1 N–H and O–H groups in total. The van der Waals surface area contributed by atoms with Crippen LogP contribution in [0.2, 0.25) is 0 Å². The van der Waals surface area contributed by atoms with Gasteiger partial charge in [0.25, 0.3) is 0 Å². The predicted octanol–water partition coefficient (Wildman–Crippen LogP) is 1.28. The van der Waals surface area contributed by atoms with Crippen LogP contribution in [0.25, 0.3) is 0 Å². The van der Waals surface area contributed by atoms with Crippen LogP contribution >= 0.6 is 0 Å². The van der Waals surface area contributed by atoms with E-state index in [9.17, 15) is 19.5 Å². The number of carboxylic acids is 1. The van der Waals surface area contributed by atoms with Crippen molar-refractivity contribution < 1.29 is 19.5 Å². The van der Waals surface area contributed by atoms with E-state index in [2.05, 4.69) is 4.90 Å². The Labute approximate surface area is 161 Å². The number of amides is 2. The predicted molar refractivity (Wildman–Crippen MR) is 101 cm³/mol. The number of rotatable bonds is 6. The van der Waals surface area contributed by atoms with Gasteiger partial charge in [-0.2, -0.15) is 0 Å². The van der Waals surface area contributed by atoms with Crippen LogP contribution in [-0.4, -0.2) is 83.4 Å². The van der Waals surface area contributed by atoms with E-state index in [0.717, 1.165) is 64.8 Å². The average molecular weight is 380 g/mol. The molecule has 152 valence electrons. The molecule has 0 aromatic carbocycles. The molecule has 0 unspecified atom stereocenters. The molecule has 0 bridgehead atoms. The zero-order chi connectivity index (χ0) is 19.4. The van der Waals surface area contributed by atoms with Gasteiger partial charge in [0.15, 0.2) is 0 Å². The Morgan fingerprint density at radius 1 is 0.926 bits per heavy atom. The second-order valence-electron chi connectivity index (χ2n) is 8.46. The maximum Gasteiger partial charge on any atom is 0.303 e. The van der Waals surface area contributed by atoms with Gasteiger partial charge in [-0.25, -0.2) is 0 Å². The highest BCUT2D eigenvalue weighted by Crippen LogP contribution is 2.33. The number of piperazine rings is 1. The van der Waals surface area contributed by atoms with Crippen molar-refractivity contribution in [2.45, 2.75) is 45.4 Å². The maximum absolute atomic E-state index is 12.6. The molecule has 0 aromatic heterocycles. The molecule has 0 spiro atoms. The van der Waals surface area contributed by atoms with Gasteiger partial charge in [0.1, 0.15) is 0 Å². The molecule has 7 heteroatoms. The van der Waals surface area contributed by atoms with E-state index in [1.165, 1.54) is 0 Å². The van der Waals surface area contributed by atoms with Crippen molar-refractivity contribution in [1.82, 2.24) is 14.7 Å². The SMILES string of the molecule is CC(=O)N1CCN(CC[C@H]2CN(C(=O)C3CCC3)CC[C@H]2CC(=O)O)CC1. The minimum atomic E-state index is -0.737. The first-order valence-corrected chi connectivity index (χ1v) is 10.4. The van der Waals surface area contributed by atoms with Gasteiger partial charge in [-0.05, 0) is 44.1 Å². The van der Waals surface area contributed by atoms with Crippen molar-refractivity contribution in [1.29, 1.82) is 0 Å². The number of likely N-dealkylation sites (tertiary alicyclic amines) is 1. The Balaban J connectivity index is 1.52. The summed E-state index contributed by atoms with van der Waals surface area (Å²) in [4.78, 5) is 41.6. The van der Waals surface area contributed by atoms with Gasteiger partial charge in [0, 0.05) is 58.5 Å². The molecule has 2 aliphatic heterocycles. The Morgan fingerprint density at radius 2 is 1.63 bits per heavy atom. The van der Waals surface area contributed by atoms with Crippen molar-refractivity contribution in [3.05, 3.63) is 0 Å². The molecule has 0 radical (unpaired) electrons. The van der Waals surface area contributed by atoms with E-state index in [-0.39, 0.29) is 36.0 Å². The van der Waals surface area contributed by atoms with Crippen LogP contribution in [-0.2, 0) is 14.4 Å². The molecule has 27 heavy (non-hydrogen) atoms. The van der Waals surface area contributed by atoms with Crippen LogP contribution in [0.15, 0.2) is 0 Å². The van der Waals surface area contributed by atoms with Crippen LogP contribution in [0.5, 0.6) is 0 Å². The van der Waals surface area contributed by atoms with E-state index in [1.54, 1.807) is 6.92 Å². The van der Waals surface area contributed by atoms with Crippen molar-refractivity contribution in [3.63, 3.8) is 0 Å². The number of nitrogens with zero attached hydrogens (tertiary/aromatic N) is 3. The van der Waals surface area contributed by atoms with Crippen molar-refractivity contribution >= 4 is 17.8 Å². The fraction of sp³-hybridized carbons (Fsp3) is 0.850. The van der Waals surface area contributed by atoms with Gasteiger partial charge in [0.05, 0.1) is 0 Å². The van der Waals surface area contributed by atoms with Crippen LogP contribution in [0.1, 0.15) is 45.4 Å². The number of carbonyl (C=O) groups excluding carboxylic acids is 2. The molecule has 3 fully saturated rings. The van der Waals surface area contributed by atoms with Crippen LogP contribution < -0.4 is 0 Å². The van der Waals surface area contributed by atoms with E-state index >= 15 is 0 Å². The molecular formula is C20H33N3O4. The summed E-state index contributed by atoms with van der Waals surface area (Å²) in [5, 5.41) is 9.26. The average Bonchev–Trinajstić information content (AvgIpc) is 2.59. The van der Waals surface area contributed by atoms with Gasteiger partial charge in [-0.3, -0.25) is 19.3 Å². The normalized spacial score (nSPS) is 27.3. The van der Waals surface area contributed by atoms with Gasteiger partial charge in [-0.1, -0.05) is 6.42 Å². The smallest absolute Gasteiger partial charge is 0.303 e. The van der Waals surface area contributed by atoms with E-state index in [0.29, 0.717) is 13.1 Å². The summed E-state index contributed by atoms with van der Waals surface area (Å²) in [5.74, 6) is 0.306. The van der Waals surface area contributed by atoms with Gasteiger partial charge in [0.2, 0.25) is 11.8 Å². The minimum absolute atomic E-state index is 0.133. The lowest BCUT2D eigenvalue weighted by molar-refractivity contribution is -0.142. The standard InChI is InChI=1S/C20H33N3O4/c1-15(24)22-11-9-21(10-12-22)7-5-18-14-23(20(27)16-3-2-4-16)8-6-17(18)13-19(25)26/h16-18H,2-14H2,1H3,(H,25,26)/t17-,18-/m0/s1. The lowest BCUT2D eigenvalue weighted by Crippen LogP contribution is -2.50. The quantitative estimate of drug-likeness (QED) is 0.752. The lowest BCUT2D eigenvalue weighted by Gasteiger charge is -2.42.